The minimum atomic E-state index is 0. The van der Waals surface area contributed by atoms with E-state index in [1.807, 2.05) is 24.4 Å². The summed E-state index contributed by atoms with van der Waals surface area (Å²) in [6, 6.07) is 18.3. The third-order valence-corrected chi connectivity index (χ3v) is 5.44. The predicted octanol–water partition coefficient (Wildman–Crippen LogP) is 6.66. The first-order chi connectivity index (χ1) is 13.5. The summed E-state index contributed by atoms with van der Waals surface area (Å²) in [4.78, 5) is 4.63. The van der Waals surface area contributed by atoms with E-state index in [0.29, 0.717) is 6.61 Å². The highest BCUT2D eigenvalue weighted by molar-refractivity contribution is 6.30. The van der Waals surface area contributed by atoms with E-state index >= 15 is 0 Å². The molecule has 3 nitrogen and oxygen atoms in total. The lowest BCUT2D eigenvalue weighted by Gasteiger charge is -2.13. The topological polar surface area (TPSA) is 27.1 Å². The molecule has 0 atom stereocenters. The van der Waals surface area contributed by atoms with Gasteiger partial charge in [0.25, 0.3) is 0 Å². The van der Waals surface area contributed by atoms with Gasteiger partial charge in [0.05, 0.1) is 5.52 Å². The standard InChI is InChI=1S/C24H23ClN2O.ClH/c1-16-5-4-6-20(13-16)15-28-22-11-12-26-23-17(2)18(3)27(24(22)23)14-19-7-9-21(25)10-8-19;/h4-13H,14-15H2,1-3H3;1H. The van der Waals surface area contributed by atoms with Gasteiger partial charge in [-0.15, -0.1) is 12.4 Å². The highest BCUT2D eigenvalue weighted by Crippen LogP contribution is 2.32. The first-order valence-electron chi connectivity index (χ1n) is 9.40. The number of rotatable bonds is 5. The van der Waals surface area contributed by atoms with Crippen molar-refractivity contribution in [3.05, 3.63) is 93.8 Å². The number of nitrogens with zero attached hydrogens (tertiary/aromatic N) is 2. The highest BCUT2D eigenvalue weighted by Gasteiger charge is 2.17. The van der Waals surface area contributed by atoms with E-state index in [4.69, 9.17) is 16.3 Å². The van der Waals surface area contributed by atoms with Crippen LogP contribution in [0.1, 0.15) is 27.9 Å². The quantitative estimate of drug-likeness (QED) is 0.356. The average Bonchev–Trinajstić information content (AvgIpc) is 2.94. The first-order valence-corrected chi connectivity index (χ1v) is 9.78. The lowest BCUT2D eigenvalue weighted by atomic mass is 10.1. The van der Waals surface area contributed by atoms with Crippen LogP contribution < -0.4 is 4.74 Å². The van der Waals surface area contributed by atoms with Crippen molar-refractivity contribution in [2.24, 2.45) is 0 Å². The van der Waals surface area contributed by atoms with Gasteiger partial charge >= 0.3 is 0 Å². The van der Waals surface area contributed by atoms with Crippen molar-refractivity contribution < 1.29 is 4.74 Å². The van der Waals surface area contributed by atoms with Crippen LogP contribution in [-0.2, 0) is 13.2 Å². The molecule has 0 fully saturated rings. The number of pyridine rings is 1. The molecular weight excluding hydrogens is 403 g/mol. The molecular formula is C24H24Cl2N2O. The molecule has 150 valence electrons. The summed E-state index contributed by atoms with van der Waals surface area (Å²) in [5, 5.41) is 0.748. The second-order valence-electron chi connectivity index (χ2n) is 7.21. The normalized spacial score (nSPS) is 10.8. The van der Waals surface area contributed by atoms with Crippen LogP contribution >= 0.6 is 24.0 Å². The molecule has 29 heavy (non-hydrogen) atoms. The van der Waals surface area contributed by atoms with Gasteiger partial charge < -0.3 is 9.30 Å². The summed E-state index contributed by atoms with van der Waals surface area (Å²) < 4.78 is 8.53. The van der Waals surface area contributed by atoms with Crippen molar-refractivity contribution in [1.82, 2.24) is 9.55 Å². The number of benzene rings is 2. The molecule has 2 aromatic heterocycles. The van der Waals surface area contributed by atoms with Crippen molar-refractivity contribution in [3.63, 3.8) is 0 Å². The van der Waals surface area contributed by atoms with Crippen LogP contribution in [0.15, 0.2) is 60.8 Å². The van der Waals surface area contributed by atoms with E-state index in [2.05, 4.69) is 66.7 Å². The summed E-state index contributed by atoms with van der Waals surface area (Å²) >= 11 is 6.04. The van der Waals surface area contributed by atoms with Crippen molar-refractivity contribution >= 4 is 35.0 Å². The molecule has 0 unspecified atom stereocenters. The van der Waals surface area contributed by atoms with Crippen molar-refractivity contribution in [2.45, 2.75) is 33.9 Å². The van der Waals surface area contributed by atoms with Crippen LogP contribution in [0.2, 0.25) is 5.02 Å². The Morgan fingerprint density at radius 2 is 1.72 bits per heavy atom. The smallest absolute Gasteiger partial charge is 0.147 e. The molecule has 0 saturated carbocycles. The van der Waals surface area contributed by atoms with Crippen LogP contribution in [0.5, 0.6) is 5.75 Å². The van der Waals surface area contributed by atoms with E-state index in [1.54, 1.807) is 0 Å². The fourth-order valence-electron chi connectivity index (χ4n) is 3.56. The molecule has 0 amide bonds. The summed E-state index contributed by atoms with van der Waals surface area (Å²) in [6.07, 6.45) is 1.83. The van der Waals surface area contributed by atoms with Crippen LogP contribution in [0.25, 0.3) is 11.0 Å². The zero-order valence-corrected chi connectivity index (χ0v) is 18.3. The number of hydrogen-bond donors (Lipinski definition) is 0. The van der Waals surface area contributed by atoms with Gasteiger partial charge in [0, 0.05) is 29.5 Å². The molecule has 0 aliphatic carbocycles. The Bertz CT molecular complexity index is 1130. The van der Waals surface area contributed by atoms with Crippen LogP contribution in [0.3, 0.4) is 0 Å². The SMILES string of the molecule is Cc1cccc(COc2ccnc3c(C)c(C)n(Cc4ccc(Cl)cc4)c23)c1.Cl. The Morgan fingerprint density at radius 1 is 0.966 bits per heavy atom. The van der Waals surface area contributed by atoms with Crippen molar-refractivity contribution in [1.29, 1.82) is 0 Å². The van der Waals surface area contributed by atoms with Crippen molar-refractivity contribution in [2.75, 3.05) is 0 Å². The van der Waals surface area contributed by atoms with Crippen molar-refractivity contribution in [3.8, 4) is 5.75 Å². The molecule has 2 aromatic carbocycles. The second-order valence-corrected chi connectivity index (χ2v) is 7.64. The lowest BCUT2D eigenvalue weighted by Crippen LogP contribution is -2.04. The molecule has 0 saturated heterocycles. The average molecular weight is 427 g/mol. The van der Waals surface area contributed by atoms with Crippen LogP contribution in [0, 0.1) is 20.8 Å². The number of halogens is 2. The van der Waals surface area contributed by atoms with Gasteiger partial charge in [0.1, 0.15) is 17.9 Å². The predicted molar refractivity (Wildman–Crippen MR) is 123 cm³/mol. The van der Waals surface area contributed by atoms with E-state index in [-0.39, 0.29) is 12.4 Å². The fourth-order valence-corrected chi connectivity index (χ4v) is 3.69. The molecule has 0 aliphatic rings. The minimum Gasteiger partial charge on any atom is -0.487 e. The molecule has 0 bridgehead atoms. The molecule has 5 heteroatoms. The third kappa shape index (κ3) is 4.42. The van der Waals surface area contributed by atoms with Gasteiger partial charge in [-0.2, -0.15) is 0 Å². The summed E-state index contributed by atoms with van der Waals surface area (Å²) in [6.45, 7) is 7.63. The van der Waals surface area contributed by atoms with Gasteiger partial charge in [0.15, 0.2) is 0 Å². The van der Waals surface area contributed by atoms with E-state index in [1.165, 1.54) is 22.4 Å². The highest BCUT2D eigenvalue weighted by atomic mass is 35.5. The van der Waals surface area contributed by atoms with Gasteiger partial charge in [-0.3, -0.25) is 4.98 Å². The third-order valence-electron chi connectivity index (χ3n) is 5.19. The molecule has 0 aliphatic heterocycles. The zero-order chi connectivity index (χ0) is 19.7. The van der Waals surface area contributed by atoms with E-state index < -0.39 is 0 Å². The number of aryl methyl sites for hydroxylation is 2. The minimum absolute atomic E-state index is 0. The number of hydrogen-bond acceptors (Lipinski definition) is 2. The fraction of sp³-hybridized carbons (Fsp3) is 0.208. The zero-order valence-electron chi connectivity index (χ0n) is 16.8. The largest absolute Gasteiger partial charge is 0.487 e. The Morgan fingerprint density at radius 3 is 2.45 bits per heavy atom. The van der Waals surface area contributed by atoms with Gasteiger partial charge in [-0.25, -0.2) is 0 Å². The van der Waals surface area contributed by atoms with Gasteiger partial charge in [0.2, 0.25) is 0 Å². The lowest BCUT2D eigenvalue weighted by molar-refractivity contribution is 0.308. The molecule has 0 N–H and O–H groups in total. The monoisotopic (exact) mass is 426 g/mol. The van der Waals surface area contributed by atoms with Crippen LogP contribution in [-0.4, -0.2) is 9.55 Å². The Hall–Kier alpha value is -2.49. The van der Waals surface area contributed by atoms with E-state index in [0.717, 1.165) is 33.9 Å². The maximum atomic E-state index is 6.24. The summed E-state index contributed by atoms with van der Waals surface area (Å²) in [5.74, 6) is 0.858. The summed E-state index contributed by atoms with van der Waals surface area (Å²) in [7, 11) is 0. The molecule has 0 spiro atoms. The van der Waals surface area contributed by atoms with Crippen LogP contribution in [0.4, 0.5) is 0 Å². The number of fused-ring (bicyclic) bond motifs is 1. The molecule has 2 heterocycles. The maximum Gasteiger partial charge on any atom is 0.147 e. The Balaban J connectivity index is 0.00000240. The van der Waals surface area contributed by atoms with E-state index in [9.17, 15) is 0 Å². The Labute approximate surface area is 182 Å². The summed E-state index contributed by atoms with van der Waals surface area (Å²) in [5.41, 5.74) is 8.01. The number of aromatic nitrogens is 2. The number of ether oxygens (including phenoxy) is 1. The second kappa shape index (κ2) is 8.89. The Kier molecular flexibility index (Phi) is 6.51. The molecule has 4 rings (SSSR count). The van der Waals surface area contributed by atoms with Gasteiger partial charge in [-0.1, -0.05) is 53.6 Å². The maximum absolute atomic E-state index is 6.24. The molecule has 0 radical (unpaired) electrons. The first kappa shape index (κ1) is 21.2. The molecule has 4 aromatic rings. The van der Waals surface area contributed by atoms with Gasteiger partial charge in [-0.05, 0) is 49.6 Å².